The van der Waals surface area contributed by atoms with Crippen LogP contribution >= 0.6 is 68.0 Å². The average molecular weight is 1640 g/mol. The maximum Gasteiger partial charge on any atom is 0.425 e. The van der Waals surface area contributed by atoms with Gasteiger partial charge in [-0.05, 0) is 225 Å². The first-order chi connectivity index (χ1) is 52.0. The van der Waals surface area contributed by atoms with Crippen LogP contribution in [0.5, 0.6) is 0 Å². The van der Waals surface area contributed by atoms with Gasteiger partial charge in [0.1, 0.15) is 41.5 Å². The number of hydrogen-bond acceptors (Lipinski definition) is 17. The molecule has 7 aromatic rings. The zero-order valence-corrected chi connectivity index (χ0v) is 65.5. The van der Waals surface area contributed by atoms with Crippen molar-refractivity contribution in [2.75, 3.05) is 42.3 Å². The molecule has 590 valence electrons. The SMILES string of the molecule is CC(C)(C)OC(=O)c1c(NC(=O)NCc2c(-n3cccc3)sc3c2CCN(C2CC2)C3)sc2c1CCCC2.O=C(NCc1c(C(F)(F)F)sc2c1CCCC2)Nc1sc2c(c1C(=O)OC1CCOCC1)CCCC2.O=C(NCc1c(C(F)(F)F)sc2c1CCCC2)Nc1sc2c(c1C(=O)OCC(F)(F)F)CCCC2. The van der Waals surface area contributed by atoms with E-state index < -0.39 is 64.5 Å². The second-order valence-corrected chi connectivity index (χ2v) is 36.0. The van der Waals surface area contributed by atoms with E-state index in [1.54, 1.807) is 0 Å². The third-order valence-corrected chi connectivity index (χ3v) is 28.1. The van der Waals surface area contributed by atoms with Crippen molar-refractivity contribution in [1.29, 1.82) is 0 Å². The third-order valence-electron chi connectivity index (χ3n) is 20.4. The molecule has 7 aromatic heterocycles. The van der Waals surface area contributed by atoms with Crippen LogP contribution < -0.4 is 31.9 Å². The van der Waals surface area contributed by atoms with Crippen molar-refractivity contribution in [2.45, 2.75) is 244 Å². The van der Waals surface area contributed by atoms with E-state index in [9.17, 15) is 68.3 Å². The number of carbonyl (C=O) groups excluding carboxylic acids is 6. The average Bonchev–Trinajstić information content (AvgIpc) is 1.67. The number of thiophene rings is 6. The lowest BCUT2D eigenvalue weighted by molar-refractivity contribution is -0.161. The molecule has 18 nitrogen and oxygen atoms in total. The quantitative estimate of drug-likeness (QED) is 0.0304. The van der Waals surface area contributed by atoms with Gasteiger partial charge in [-0.3, -0.25) is 20.9 Å². The van der Waals surface area contributed by atoms with Crippen molar-refractivity contribution in [3.8, 4) is 5.00 Å². The highest BCUT2D eigenvalue weighted by Crippen LogP contribution is 2.48. The Kier molecular flexibility index (Phi) is 25.1. The number of ether oxygens (including phenoxy) is 4. The summed E-state index contributed by atoms with van der Waals surface area (Å²) in [5, 5.41) is 18.6. The summed E-state index contributed by atoms with van der Waals surface area (Å²) in [4.78, 5) is 84.6. The van der Waals surface area contributed by atoms with Crippen LogP contribution in [0.25, 0.3) is 5.00 Å². The van der Waals surface area contributed by atoms with Gasteiger partial charge in [0.25, 0.3) is 0 Å². The molecule has 6 aliphatic carbocycles. The third kappa shape index (κ3) is 19.5. The summed E-state index contributed by atoms with van der Waals surface area (Å²) in [5.74, 6) is -2.00. The molecule has 33 heteroatoms. The van der Waals surface area contributed by atoms with E-state index in [1.807, 2.05) is 44.2 Å². The maximum atomic E-state index is 13.7. The van der Waals surface area contributed by atoms with Crippen LogP contribution in [-0.4, -0.2) is 95.8 Å². The number of hydrogen-bond donors (Lipinski definition) is 6. The van der Waals surface area contributed by atoms with E-state index in [-0.39, 0.29) is 52.9 Å². The predicted octanol–water partition coefficient (Wildman–Crippen LogP) is 19.1. The van der Waals surface area contributed by atoms with Gasteiger partial charge in [-0.25, -0.2) is 28.8 Å². The fraction of sp³-hybridized carbons (Fsp3) is 0.553. The van der Waals surface area contributed by atoms with Gasteiger partial charge in [0, 0.05) is 98.8 Å². The number of halogens is 9. The topological polar surface area (TPSA) is 220 Å². The largest absolute Gasteiger partial charge is 0.459 e. The van der Waals surface area contributed by atoms with Gasteiger partial charge in [0.15, 0.2) is 6.61 Å². The van der Waals surface area contributed by atoms with Crippen molar-refractivity contribution < 1.29 is 87.2 Å². The number of fused-ring (bicyclic) bond motifs is 6. The van der Waals surface area contributed by atoms with Crippen LogP contribution in [0.15, 0.2) is 24.5 Å². The first-order valence-corrected chi connectivity index (χ1v) is 42.2. The molecule has 9 heterocycles. The summed E-state index contributed by atoms with van der Waals surface area (Å²) in [7, 11) is 0. The molecule has 6 N–H and O–H groups in total. The van der Waals surface area contributed by atoms with Gasteiger partial charge in [0.05, 0.1) is 29.9 Å². The number of alkyl halides is 9. The normalized spacial score (nSPS) is 17.2. The molecule has 1 saturated carbocycles. The molecule has 0 unspecified atom stereocenters. The number of urea groups is 3. The molecule has 0 atom stereocenters. The predicted molar refractivity (Wildman–Crippen MR) is 404 cm³/mol. The maximum absolute atomic E-state index is 13.7. The van der Waals surface area contributed by atoms with Gasteiger partial charge in [0.2, 0.25) is 0 Å². The van der Waals surface area contributed by atoms with Crippen LogP contribution in [-0.2, 0) is 128 Å². The standard InChI is InChI=1S/C29H36N4O3S2.C25H29F3N2O4S2.C22H22F6N2O3S2/c1-29(2,3)36-27(34)24-20-8-4-5-9-22(20)37-25(24)31-28(35)30-16-21-19-12-15-33(18-10-11-18)17-23(19)38-26(21)32-13-6-7-14-32;26-25(27,28)21-17(15-5-1-3-7-18(15)35-21)13-29-24(32)30-22-20(16-6-2-4-8-19(16)36-22)23(31)34-14-9-11-33-12-10-14;23-21(24,25)10-33-19(31)16-12-6-2-4-8-15(12)35-18(16)30-20(32)29-9-13-11-5-1-3-7-14(11)34-17(13)22(26,27)28/h6-7,13-14,18H,4-5,8-12,15-17H2,1-3H3,(H2,30,31,35);14H,1-13H2,(H2,29,30,32);1-10H2,(H2,29,30,32). The number of rotatable bonds is 16. The van der Waals surface area contributed by atoms with Crippen molar-refractivity contribution in [3.63, 3.8) is 0 Å². The summed E-state index contributed by atoms with van der Waals surface area (Å²) in [6.45, 7) is 6.91. The Morgan fingerprint density at radius 1 is 0.468 bits per heavy atom. The lowest BCUT2D eigenvalue weighted by Crippen LogP contribution is -2.33. The molecule has 6 amide bonds. The minimum atomic E-state index is -4.70. The molecule has 0 radical (unpaired) electrons. The first kappa shape index (κ1) is 80.1. The zero-order chi connectivity index (χ0) is 77.1. The molecule has 15 rings (SSSR count). The second kappa shape index (κ2) is 34.1. The highest BCUT2D eigenvalue weighted by Gasteiger charge is 2.42. The Morgan fingerprint density at radius 3 is 1.28 bits per heavy atom. The molecule has 0 spiro atoms. The molecule has 2 fully saturated rings. The summed E-state index contributed by atoms with van der Waals surface area (Å²) < 4.78 is 143. The van der Waals surface area contributed by atoms with Crippen LogP contribution in [0.2, 0.25) is 0 Å². The fourth-order valence-electron chi connectivity index (χ4n) is 15.3. The van der Waals surface area contributed by atoms with Crippen LogP contribution in [0.3, 0.4) is 0 Å². The molecule has 1 saturated heterocycles. The monoisotopic (exact) mass is 1630 g/mol. The second-order valence-electron chi connectivity index (χ2n) is 29.4. The zero-order valence-electron chi connectivity index (χ0n) is 60.6. The minimum absolute atomic E-state index is 0.0324. The van der Waals surface area contributed by atoms with Crippen molar-refractivity contribution in [3.05, 3.63) is 130 Å². The van der Waals surface area contributed by atoms with E-state index in [4.69, 9.17) is 14.2 Å². The van der Waals surface area contributed by atoms with Crippen molar-refractivity contribution in [1.82, 2.24) is 25.4 Å². The number of aromatic nitrogens is 1. The Morgan fingerprint density at radius 2 is 0.862 bits per heavy atom. The number of anilines is 3. The fourth-order valence-corrected chi connectivity index (χ4v) is 23.0. The number of nitrogens with one attached hydrogen (secondary N) is 6. The van der Waals surface area contributed by atoms with E-state index in [0.29, 0.717) is 120 Å². The van der Waals surface area contributed by atoms with Gasteiger partial charge >= 0.3 is 54.5 Å². The summed E-state index contributed by atoms with van der Waals surface area (Å²) in [6, 6.07) is 3.06. The lowest BCUT2D eigenvalue weighted by atomic mass is 9.94. The molecule has 8 aliphatic rings. The van der Waals surface area contributed by atoms with Crippen LogP contribution in [0, 0.1) is 0 Å². The van der Waals surface area contributed by atoms with Gasteiger partial charge < -0.3 is 39.5 Å². The van der Waals surface area contributed by atoms with E-state index in [2.05, 4.69) is 58.5 Å². The summed E-state index contributed by atoms with van der Waals surface area (Å²) >= 11 is 7.31. The number of carbonyl (C=O) groups is 6. The van der Waals surface area contributed by atoms with Crippen molar-refractivity contribution >= 4 is 119 Å². The van der Waals surface area contributed by atoms with Crippen LogP contribution in [0.4, 0.5) is 68.9 Å². The van der Waals surface area contributed by atoms with Crippen molar-refractivity contribution in [2.24, 2.45) is 0 Å². The molecular weight excluding hydrogens is 1550 g/mol. The number of nitrogens with zero attached hydrogens (tertiary/aromatic N) is 2. The molecule has 0 aromatic carbocycles. The number of esters is 3. The van der Waals surface area contributed by atoms with Gasteiger partial charge in [-0.15, -0.1) is 68.0 Å². The molecular formula is C76H87F9N8O10S6. The first-order valence-electron chi connectivity index (χ1n) is 37.3. The van der Waals surface area contributed by atoms with E-state index in [0.717, 1.165) is 169 Å². The van der Waals surface area contributed by atoms with Gasteiger partial charge in [-0.1, -0.05) is 0 Å². The smallest absolute Gasteiger partial charge is 0.425 e. The highest BCUT2D eigenvalue weighted by atomic mass is 32.1. The number of aryl methyl sites for hydroxylation is 5. The minimum Gasteiger partial charge on any atom is -0.459 e. The van der Waals surface area contributed by atoms with Crippen LogP contribution in [0.1, 0.15) is 231 Å². The Bertz CT molecular complexity index is 4490. The highest BCUT2D eigenvalue weighted by molar-refractivity contribution is 7.18. The Hall–Kier alpha value is -7.01. The molecule has 2 aliphatic heterocycles. The summed E-state index contributed by atoms with van der Waals surface area (Å²) in [6.07, 6.45) is 10.9. The number of amides is 6. The van der Waals surface area contributed by atoms with E-state index in [1.165, 1.54) is 61.4 Å². The molecule has 109 heavy (non-hydrogen) atoms. The lowest BCUT2D eigenvalue weighted by Gasteiger charge is -2.27. The Labute approximate surface area is 648 Å². The summed E-state index contributed by atoms with van der Waals surface area (Å²) in [5.41, 5.74) is 6.88. The molecule has 0 bridgehead atoms. The Balaban J connectivity index is 0.000000144. The van der Waals surface area contributed by atoms with Gasteiger partial charge in [-0.2, -0.15) is 39.5 Å². The van der Waals surface area contributed by atoms with E-state index >= 15 is 0 Å².